The molecular formula is C23H32N2S2. The fourth-order valence-corrected chi connectivity index (χ4v) is 5.20. The molecule has 1 N–H and O–H groups in total. The van der Waals surface area contributed by atoms with Crippen LogP contribution < -0.4 is 9.62 Å². The molecule has 4 heteroatoms. The number of fused-ring (bicyclic) bond motifs is 1. The molecule has 0 amide bonds. The number of anilines is 2. The highest BCUT2D eigenvalue weighted by atomic mass is 32.2. The van der Waals surface area contributed by atoms with Crippen LogP contribution in [0.3, 0.4) is 0 Å². The van der Waals surface area contributed by atoms with Crippen LogP contribution in [0, 0.1) is 0 Å². The zero-order valence-electron chi connectivity index (χ0n) is 16.8. The largest absolute Gasteiger partial charge is 0.339 e. The molecule has 146 valence electrons. The highest BCUT2D eigenvalue weighted by Gasteiger charge is 2.35. The second-order valence-corrected chi connectivity index (χ2v) is 9.17. The van der Waals surface area contributed by atoms with Gasteiger partial charge in [-0.3, -0.25) is 4.72 Å². The number of unbranched alkanes of at least 4 members (excludes halogenated alkanes) is 2. The molecule has 0 bridgehead atoms. The second kappa shape index (κ2) is 9.90. The van der Waals surface area contributed by atoms with Crippen molar-refractivity contribution >= 4 is 35.1 Å². The summed E-state index contributed by atoms with van der Waals surface area (Å²) in [6, 6.07) is 17.8. The summed E-state index contributed by atoms with van der Waals surface area (Å²) in [5.74, 6) is 0. The Morgan fingerprint density at radius 1 is 1.04 bits per heavy atom. The Hall–Kier alpha value is -1.10. The summed E-state index contributed by atoms with van der Waals surface area (Å²) in [4.78, 5) is 5.20. The maximum atomic E-state index is 3.93. The van der Waals surface area contributed by atoms with E-state index in [0.717, 1.165) is 6.54 Å². The third-order valence-corrected chi connectivity index (χ3v) is 7.21. The third kappa shape index (κ3) is 5.04. The monoisotopic (exact) mass is 400 g/mol. The van der Waals surface area contributed by atoms with Crippen LogP contribution in [0.2, 0.25) is 0 Å². The van der Waals surface area contributed by atoms with Crippen molar-refractivity contribution in [2.24, 2.45) is 0 Å². The Bertz CT molecular complexity index is 710. The zero-order chi connectivity index (χ0) is 19.1. The molecule has 0 spiro atoms. The summed E-state index contributed by atoms with van der Waals surface area (Å²) in [6.07, 6.45) is 9.64. The van der Waals surface area contributed by atoms with E-state index in [1.165, 1.54) is 59.7 Å². The lowest BCUT2D eigenvalue weighted by molar-refractivity contribution is 0.328. The van der Waals surface area contributed by atoms with Gasteiger partial charge in [0, 0.05) is 27.6 Å². The average molecular weight is 401 g/mol. The topological polar surface area (TPSA) is 15.3 Å². The number of benzene rings is 2. The molecule has 2 aromatic carbocycles. The van der Waals surface area contributed by atoms with Crippen LogP contribution in [0.25, 0.3) is 0 Å². The van der Waals surface area contributed by atoms with Gasteiger partial charge in [-0.1, -0.05) is 57.7 Å². The number of nitrogens with one attached hydrogen (secondary N) is 1. The van der Waals surface area contributed by atoms with E-state index in [1.807, 2.05) is 23.7 Å². The number of nitrogens with zero attached hydrogens (tertiary/aromatic N) is 1. The van der Waals surface area contributed by atoms with E-state index >= 15 is 0 Å². The minimum absolute atomic E-state index is 0.144. The molecule has 27 heavy (non-hydrogen) atoms. The standard InChI is InChI=1S/C23H32N2S2/c1-4-6-15-23(16-7-5-2)18-25(19-11-9-8-10-12-19)21-17-20(26-3)13-14-22(21)27-24-23/h8-14,17,24H,4-7,15-16,18H2,1-3H3. The van der Waals surface area contributed by atoms with Crippen molar-refractivity contribution < 1.29 is 0 Å². The van der Waals surface area contributed by atoms with E-state index in [2.05, 4.69) is 78.3 Å². The van der Waals surface area contributed by atoms with Crippen LogP contribution in [-0.4, -0.2) is 18.3 Å². The smallest absolute Gasteiger partial charge is 0.0574 e. The lowest BCUT2D eigenvalue weighted by Crippen LogP contribution is -2.49. The van der Waals surface area contributed by atoms with E-state index in [9.17, 15) is 0 Å². The molecule has 0 radical (unpaired) electrons. The van der Waals surface area contributed by atoms with Crippen LogP contribution in [-0.2, 0) is 0 Å². The van der Waals surface area contributed by atoms with Crippen LogP contribution >= 0.6 is 23.7 Å². The summed E-state index contributed by atoms with van der Waals surface area (Å²) in [7, 11) is 0. The Kier molecular flexibility index (Phi) is 7.57. The Morgan fingerprint density at radius 2 is 1.74 bits per heavy atom. The fraction of sp³-hybridized carbons (Fsp3) is 0.478. The van der Waals surface area contributed by atoms with Crippen molar-refractivity contribution in [3.8, 4) is 0 Å². The third-order valence-electron chi connectivity index (χ3n) is 5.38. The predicted molar refractivity (Wildman–Crippen MR) is 122 cm³/mol. The SMILES string of the molecule is CCCCC1(CCCC)CN(c2ccccc2)c2cc(SC)ccc2SN1. The van der Waals surface area contributed by atoms with Crippen molar-refractivity contribution in [3.05, 3.63) is 48.5 Å². The number of para-hydroxylation sites is 1. The van der Waals surface area contributed by atoms with E-state index in [-0.39, 0.29) is 5.54 Å². The quantitative estimate of drug-likeness (QED) is 0.370. The van der Waals surface area contributed by atoms with Crippen LogP contribution in [0.4, 0.5) is 11.4 Å². The molecule has 0 unspecified atom stereocenters. The van der Waals surface area contributed by atoms with E-state index in [0.29, 0.717) is 0 Å². The molecule has 0 atom stereocenters. The Labute approximate surface area is 173 Å². The van der Waals surface area contributed by atoms with Crippen molar-refractivity contribution in [3.63, 3.8) is 0 Å². The van der Waals surface area contributed by atoms with Gasteiger partial charge in [0.15, 0.2) is 0 Å². The molecule has 0 aromatic heterocycles. The van der Waals surface area contributed by atoms with E-state index in [4.69, 9.17) is 0 Å². The summed E-state index contributed by atoms with van der Waals surface area (Å²) in [5, 5.41) is 0. The summed E-state index contributed by atoms with van der Waals surface area (Å²) < 4.78 is 3.93. The lowest BCUT2D eigenvalue weighted by atomic mass is 9.87. The van der Waals surface area contributed by atoms with Gasteiger partial charge in [0.05, 0.1) is 5.69 Å². The maximum absolute atomic E-state index is 3.93. The maximum Gasteiger partial charge on any atom is 0.0574 e. The Morgan fingerprint density at radius 3 is 2.37 bits per heavy atom. The second-order valence-electron chi connectivity index (χ2n) is 7.45. The normalized spacial score (nSPS) is 16.0. The molecule has 1 aliphatic rings. The van der Waals surface area contributed by atoms with Gasteiger partial charge in [-0.2, -0.15) is 0 Å². The summed E-state index contributed by atoms with van der Waals surface area (Å²) in [5.41, 5.74) is 2.77. The minimum atomic E-state index is 0.144. The van der Waals surface area contributed by atoms with Crippen molar-refractivity contribution in [1.29, 1.82) is 0 Å². The number of hydrogen-bond acceptors (Lipinski definition) is 4. The van der Waals surface area contributed by atoms with Gasteiger partial charge in [0.2, 0.25) is 0 Å². The number of thioether (sulfide) groups is 1. The summed E-state index contributed by atoms with van der Waals surface area (Å²) >= 11 is 3.65. The minimum Gasteiger partial charge on any atom is -0.339 e. The van der Waals surface area contributed by atoms with E-state index in [1.54, 1.807) is 0 Å². The Balaban J connectivity index is 2.03. The van der Waals surface area contributed by atoms with Crippen LogP contribution in [0.1, 0.15) is 52.4 Å². The van der Waals surface area contributed by atoms with Crippen molar-refractivity contribution in [1.82, 2.24) is 4.72 Å². The zero-order valence-corrected chi connectivity index (χ0v) is 18.5. The van der Waals surface area contributed by atoms with Gasteiger partial charge in [-0.05, 0) is 61.4 Å². The highest BCUT2D eigenvalue weighted by molar-refractivity contribution is 7.98. The molecule has 0 aliphatic carbocycles. The molecule has 1 heterocycles. The van der Waals surface area contributed by atoms with Gasteiger partial charge < -0.3 is 4.90 Å². The van der Waals surface area contributed by atoms with E-state index < -0.39 is 0 Å². The summed E-state index contributed by atoms with van der Waals surface area (Å²) in [6.45, 7) is 5.62. The molecule has 3 rings (SSSR count). The average Bonchev–Trinajstić information content (AvgIpc) is 2.89. The molecule has 0 fully saturated rings. The lowest BCUT2D eigenvalue weighted by Gasteiger charge is -2.38. The molecule has 2 nitrogen and oxygen atoms in total. The first-order valence-corrected chi connectivity index (χ1v) is 12.2. The van der Waals surface area contributed by atoms with Gasteiger partial charge in [0.25, 0.3) is 0 Å². The molecule has 0 saturated heterocycles. The predicted octanol–water partition coefficient (Wildman–Crippen LogP) is 7.28. The van der Waals surface area contributed by atoms with Crippen molar-refractivity contribution in [2.45, 2.75) is 67.7 Å². The first kappa shape index (κ1) is 20.6. The van der Waals surface area contributed by atoms with Crippen LogP contribution in [0.5, 0.6) is 0 Å². The van der Waals surface area contributed by atoms with Gasteiger partial charge in [-0.25, -0.2) is 0 Å². The van der Waals surface area contributed by atoms with Crippen molar-refractivity contribution in [2.75, 3.05) is 17.7 Å². The molecule has 0 saturated carbocycles. The van der Waals surface area contributed by atoms with Gasteiger partial charge in [-0.15, -0.1) is 11.8 Å². The molecule has 2 aromatic rings. The van der Waals surface area contributed by atoms with Gasteiger partial charge >= 0.3 is 0 Å². The number of rotatable bonds is 8. The first-order valence-electron chi connectivity index (χ1n) is 10.2. The first-order chi connectivity index (χ1) is 13.2. The fourth-order valence-electron chi connectivity index (χ4n) is 3.76. The highest BCUT2D eigenvalue weighted by Crippen LogP contribution is 2.42. The molecular weight excluding hydrogens is 368 g/mol. The van der Waals surface area contributed by atoms with Crippen LogP contribution in [0.15, 0.2) is 58.3 Å². The number of hydrogen-bond donors (Lipinski definition) is 1. The molecule has 1 aliphatic heterocycles. The van der Waals surface area contributed by atoms with Gasteiger partial charge in [0.1, 0.15) is 0 Å².